The molecular weight excluding hydrogens is 405 g/mol. The zero-order valence-corrected chi connectivity index (χ0v) is 16.3. The van der Waals surface area contributed by atoms with Crippen molar-refractivity contribution in [1.82, 2.24) is 0 Å². The van der Waals surface area contributed by atoms with Gasteiger partial charge in [0.2, 0.25) is 5.75 Å². The second-order valence-corrected chi connectivity index (χ2v) is 6.43. The Morgan fingerprint density at radius 1 is 0.967 bits per heavy atom. The van der Waals surface area contributed by atoms with Gasteiger partial charge in [0.15, 0.2) is 23.1 Å². The molecule has 1 aliphatic rings. The zero-order chi connectivity index (χ0) is 21.9. The lowest BCUT2D eigenvalue weighted by molar-refractivity contribution is -0.137. The fraction of sp³-hybridized carbons (Fsp3) is 0.333. The second-order valence-electron chi connectivity index (χ2n) is 6.43. The molecule has 1 aliphatic heterocycles. The Morgan fingerprint density at radius 2 is 1.60 bits per heavy atom. The number of hydrogen-bond acceptors (Lipinski definition) is 6. The Morgan fingerprint density at radius 3 is 2.20 bits per heavy atom. The van der Waals surface area contributed by atoms with Crippen LogP contribution in [-0.4, -0.2) is 39.0 Å². The molecule has 0 unspecified atom stereocenters. The van der Waals surface area contributed by atoms with Crippen molar-refractivity contribution >= 4 is 11.6 Å². The van der Waals surface area contributed by atoms with Gasteiger partial charge in [-0.15, -0.1) is 0 Å². The van der Waals surface area contributed by atoms with Crippen LogP contribution in [0.1, 0.15) is 39.1 Å². The number of carbonyl (C=O) groups excluding carboxylic acids is 2. The van der Waals surface area contributed by atoms with Crippen molar-refractivity contribution in [2.24, 2.45) is 0 Å². The maximum absolute atomic E-state index is 12.9. The first-order chi connectivity index (χ1) is 14.3. The number of ketones is 2. The fourth-order valence-electron chi connectivity index (χ4n) is 3.09. The molecule has 0 aliphatic carbocycles. The molecule has 0 amide bonds. The van der Waals surface area contributed by atoms with Gasteiger partial charge in [-0.2, -0.15) is 13.2 Å². The summed E-state index contributed by atoms with van der Waals surface area (Å²) in [6.07, 6.45) is -4.86. The maximum Gasteiger partial charge on any atom is 0.416 e. The van der Waals surface area contributed by atoms with Gasteiger partial charge in [0.25, 0.3) is 0 Å². The van der Waals surface area contributed by atoms with Crippen molar-refractivity contribution < 1.29 is 41.7 Å². The molecule has 9 heteroatoms. The van der Waals surface area contributed by atoms with Gasteiger partial charge in [-0.3, -0.25) is 9.59 Å². The van der Waals surface area contributed by atoms with Gasteiger partial charge in [-0.1, -0.05) is 12.1 Å². The van der Waals surface area contributed by atoms with E-state index in [1.165, 1.54) is 20.3 Å². The molecule has 2 aromatic carbocycles. The molecule has 0 bridgehead atoms. The van der Waals surface area contributed by atoms with Gasteiger partial charge < -0.3 is 18.9 Å². The molecule has 1 heterocycles. The SMILES string of the molecule is COc1cc2c(c(OC)c1C(=O)CCC(=O)c1ccc(C(F)(F)F)cc1)OCCO2. The quantitative estimate of drug-likeness (QED) is 0.616. The van der Waals surface area contributed by atoms with Crippen LogP contribution in [0.2, 0.25) is 0 Å². The van der Waals surface area contributed by atoms with E-state index in [2.05, 4.69) is 0 Å². The number of carbonyl (C=O) groups is 2. The maximum atomic E-state index is 12.9. The molecule has 0 radical (unpaired) electrons. The van der Waals surface area contributed by atoms with E-state index in [0.29, 0.717) is 12.4 Å². The molecule has 0 aromatic heterocycles. The topological polar surface area (TPSA) is 71.1 Å². The first kappa shape index (κ1) is 21.5. The molecular formula is C21H19F3O6. The van der Waals surface area contributed by atoms with Crippen LogP contribution in [0.25, 0.3) is 0 Å². The lowest BCUT2D eigenvalue weighted by Crippen LogP contribution is -2.18. The summed E-state index contributed by atoms with van der Waals surface area (Å²) in [5.41, 5.74) is -0.637. The lowest BCUT2D eigenvalue weighted by Gasteiger charge is -2.23. The number of hydrogen-bond donors (Lipinski definition) is 0. The highest BCUT2D eigenvalue weighted by Gasteiger charge is 2.31. The van der Waals surface area contributed by atoms with Crippen molar-refractivity contribution in [2.75, 3.05) is 27.4 Å². The first-order valence-corrected chi connectivity index (χ1v) is 9.04. The van der Waals surface area contributed by atoms with E-state index in [0.717, 1.165) is 24.3 Å². The van der Waals surface area contributed by atoms with E-state index in [4.69, 9.17) is 18.9 Å². The predicted molar refractivity (Wildman–Crippen MR) is 99.9 cm³/mol. The number of ether oxygens (including phenoxy) is 4. The van der Waals surface area contributed by atoms with E-state index in [1.54, 1.807) is 0 Å². The molecule has 3 rings (SSSR count). The largest absolute Gasteiger partial charge is 0.496 e. The van der Waals surface area contributed by atoms with Crippen LogP contribution >= 0.6 is 0 Å². The smallest absolute Gasteiger partial charge is 0.416 e. The third-order valence-electron chi connectivity index (χ3n) is 4.57. The first-order valence-electron chi connectivity index (χ1n) is 9.04. The minimum absolute atomic E-state index is 0.0944. The number of fused-ring (bicyclic) bond motifs is 1. The summed E-state index contributed by atoms with van der Waals surface area (Å²) in [6.45, 7) is 0.629. The van der Waals surface area contributed by atoms with Crippen LogP contribution in [0, 0.1) is 0 Å². The molecule has 0 N–H and O–H groups in total. The van der Waals surface area contributed by atoms with Gasteiger partial charge >= 0.3 is 6.18 Å². The van der Waals surface area contributed by atoms with Crippen LogP contribution in [0.3, 0.4) is 0 Å². The standard InChI is InChI=1S/C21H19F3O6/c1-27-16-11-17-19(30-10-9-29-17)20(28-2)18(16)15(26)8-7-14(25)12-3-5-13(6-4-12)21(22,23)24/h3-6,11H,7-10H2,1-2H3. The lowest BCUT2D eigenvalue weighted by atomic mass is 9.99. The highest BCUT2D eigenvalue weighted by molar-refractivity contribution is 6.06. The molecule has 160 valence electrons. The summed E-state index contributed by atoms with van der Waals surface area (Å²) >= 11 is 0. The monoisotopic (exact) mass is 424 g/mol. The Bertz CT molecular complexity index is 951. The van der Waals surface area contributed by atoms with E-state index in [9.17, 15) is 22.8 Å². The number of Topliss-reactive ketones (excluding diaryl/α,β-unsaturated/α-hetero) is 2. The third-order valence-corrected chi connectivity index (χ3v) is 4.57. The minimum atomic E-state index is -4.48. The Kier molecular flexibility index (Phi) is 6.19. The predicted octanol–water partition coefficient (Wildman–Crippen LogP) is 4.34. The Hall–Kier alpha value is -3.23. The van der Waals surface area contributed by atoms with Crippen LogP contribution in [-0.2, 0) is 6.18 Å². The molecule has 0 saturated heterocycles. The molecule has 0 fully saturated rings. The van der Waals surface area contributed by atoms with Crippen LogP contribution in [0.4, 0.5) is 13.2 Å². The molecule has 0 spiro atoms. The van der Waals surface area contributed by atoms with Crippen LogP contribution in [0.15, 0.2) is 30.3 Å². The summed E-state index contributed by atoms with van der Waals surface area (Å²) in [6, 6.07) is 5.38. The summed E-state index contributed by atoms with van der Waals surface area (Å²) < 4.78 is 59.6. The van der Waals surface area contributed by atoms with E-state index in [-0.39, 0.29) is 47.8 Å². The van der Waals surface area contributed by atoms with Gasteiger partial charge in [0.1, 0.15) is 24.5 Å². The number of halogens is 3. The van der Waals surface area contributed by atoms with Gasteiger partial charge in [0.05, 0.1) is 19.8 Å². The summed E-state index contributed by atoms with van der Waals surface area (Å²) in [5.74, 6) is 0.141. The summed E-state index contributed by atoms with van der Waals surface area (Å²) in [7, 11) is 2.76. The van der Waals surface area contributed by atoms with Crippen molar-refractivity contribution in [3.8, 4) is 23.0 Å². The molecule has 0 atom stereocenters. The average molecular weight is 424 g/mol. The molecule has 30 heavy (non-hydrogen) atoms. The van der Waals surface area contributed by atoms with Crippen LogP contribution < -0.4 is 18.9 Å². The normalized spacial score (nSPS) is 13.0. The Labute approximate surface area is 170 Å². The van der Waals surface area contributed by atoms with Crippen molar-refractivity contribution in [3.05, 3.63) is 47.0 Å². The number of alkyl halides is 3. The van der Waals surface area contributed by atoms with E-state index < -0.39 is 23.3 Å². The van der Waals surface area contributed by atoms with E-state index in [1.807, 2.05) is 0 Å². The minimum Gasteiger partial charge on any atom is -0.496 e. The van der Waals surface area contributed by atoms with Crippen LogP contribution in [0.5, 0.6) is 23.0 Å². The number of rotatable bonds is 7. The van der Waals surface area contributed by atoms with Gasteiger partial charge in [-0.05, 0) is 12.1 Å². The molecule has 2 aromatic rings. The van der Waals surface area contributed by atoms with Crippen molar-refractivity contribution in [2.45, 2.75) is 19.0 Å². The van der Waals surface area contributed by atoms with Crippen molar-refractivity contribution in [1.29, 1.82) is 0 Å². The molecule has 0 saturated carbocycles. The zero-order valence-electron chi connectivity index (χ0n) is 16.3. The highest BCUT2D eigenvalue weighted by atomic mass is 19.4. The van der Waals surface area contributed by atoms with E-state index >= 15 is 0 Å². The van der Waals surface area contributed by atoms with Gasteiger partial charge in [-0.25, -0.2) is 0 Å². The highest BCUT2D eigenvalue weighted by Crippen LogP contribution is 2.47. The second kappa shape index (κ2) is 8.64. The summed E-state index contributed by atoms with van der Waals surface area (Å²) in [5, 5.41) is 0. The average Bonchev–Trinajstić information content (AvgIpc) is 2.75. The van der Waals surface area contributed by atoms with Crippen molar-refractivity contribution in [3.63, 3.8) is 0 Å². The van der Waals surface area contributed by atoms with Gasteiger partial charge in [0, 0.05) is 24.5 Å². The fourth-order valence-corrected chi connectivity index (χ4v) is 3.09. The molecule has 6 nitrogen and oxygen atoms in total. The summed E-state index contributed by atoms with van der Waals surface area (Å²) in [4.78, 5) is 25.2. The third kappa shape index (κ3) is 4.34. The number of methoxy groups -OCH3 is 2. The number of benzene rings is 2. The Balaban J connectivity index is 1.78.